The van der Waals surface area contributed by atoms with Gasteiger partial charge in [-0.05, 0) is 45.2 Å². The Morgan fingerprint density at radius 1 is 1.00 bits per heavy atom. The van der Waals surface area contributed by atoms with E-state index in [-0.39, 0.29) is 0 Å². The van der Waals surface area contributed by atoms with Crippen molar-refractivity contribution in [3.63, 3.8) is 0 Å². The monoisotopic (exact) mass is 210 g/mol. The minimum Gasteiger partial charge on any atom is -0.411 e. The van der Waals surface area contributed by atoms with Crippen LogP contribution in [-0.2, 0) is 0 Å². The zero-order valence-electron chi connectivity index (χ0n) is 9.49. The first-order valence-electron chi connectivity index (χ1n) is 6.36. The lowest BCUT2D eigenvalue weighted by molar-refractivity contribution is 0.258. The van der Waals surface area contributed by atoms with Gasteiger partial charge in [-0.2, -0.15) is 0 Å². The second-order valence-corrected chi connectivity index (χ2v) is 4.80. The van der Waals surface area contributed by atoms with Crippen molar-refractivity contribution in [2.24, 2.45) is 5.16 Å². The Balaban J connectivity index is 2.02. The van der Waals surface area contributed by atoms with E-state index in [9.17, 15) is 0 Å². The number of nitrogens with zero attached hydrogens (tertiary/aromatic N) is 2. The van der Waals surface area contributed by atoms with Crippen molar-refractivity contribution in [2.75, 3.05) is 13.1 Å². The van der Waals surface area contributed by atoms with E-state index >= 15 is 0 Å². The predicted octanol–water partition coefficient (Wildman–Crippen LogP) is 2.64. The van der Waals surface area contributed by atoms with Crippen LogP contribution in [0.1, 0.15) is 51.4 Å². The Kier molecular flexibility index (Phi) is 4.01. The summed E-state index contributed by atoms with van der Waals surface area (Å²) in [6.07, 6.45) is 9.96. The molecule has 0 unspecified atom stereocenters. The number of hydrogen-bond acceptors (Lipinski definition) is 3. The second-order valence-electron chi connectivity index (χ2n) is 4.80. The largest absolute Gasteiger partial charge is 0.411 e. The lowest BCUT2D eigenvalue weighted by atomic mass is 9.94. The van der Waals surface area contributed by atoms with Crippen LogP contribution in [0.2, 0.25) is 0 Å². The summed E-state index contributed by atoms with van der Waals surface area (Å²) in [7, 11) is 0. The third-order valence-corrected chi connectivity index (χ3v) is 3.75. The number of rotatable bonds is 1. The van der Waals surface area contributed by atoms with Gasteiger partial charge in [0.05, 0.1) is 11.8 Å². The zero-order valence-corrected chi connectivity index (χ0v) is 9.49. The fraction of sp³-hybridized carbons (Fsp3) is 0.917. The molecule has 1 N–H and O–H groups in total. The summed E-state index contributed by atoms with van der Waals surface area (Å²) in [5, 5.41) is 12.7. The molecule has 1 aliphatic heterocycles. The average Bonchev–Trinajstić information content (AvgIpc) is 2.71. The molecule has 0 aromatic rings. The molecule has 2 fully saturated rings. The SMILES string of the molecule is O/N=C1\CCCCCC[C@@H]1N1CCCC1. The van der Waals surface area contributed by atoms with Gasteiger partial charge in [0, 0.05) is 0 Å². The van der Waals surface area contributed by atoms with E-state index in [0.717, 1.165) is 12.1 Å². The van der Waals surface area contributed by atoms with Crippen LogP contribution in [0.4, 0.5) is 0 Å². The van der Waals surface area contributed by atoms with Crippen LogP contribution in [0.15, 0.2) is 5.16 Å². The third-order valence-electron chi connectivity index (χ3n) is 3.75. The number of oxime groups is 1. The van der Waals surface area contributed by atoms with Gasteiger partial charge in [0.2, 0.25) is 0 Å². The van der Waals surface area contributed by atoms with Crippen molar-refractivity contribution >= 4 is 5.71 Å². The van der Waals surface area contributed by atoms with Crippen LogP contribution in [0, 0.1) is 0 Å². The lowest BCUT2D eigenvalue weighted by Crippen LogP contribution is -2.39. The molecule has 1 saturated heterocycles. The highest BCUT2D eigenvalue weighted by Crippen LogP contribution is 2.23. The van der Waals surface area contributed by atoms with Gasteiger partial charge in [0.1, 0.15) is 0 Å². The lowest BCUT2D eigenvalue weighted by Gasteiger charge is -2.29. The van der Waals surface area contributed by atoms with E-state index < -0.39 is 0 Å². The average molecular weight is 210 g/mol. The summed E-state index contributed by atoms with van der Waals surface area (Å²) < 4.78 is 0. The Hall–Kier alpha value is -0.570. The summed E-state index contributed by atoms with van der Waals surface area (Å²) >= 11 is 0. The van der Waals surface area contributed by atoms with Crippen LogP contribution in [0.3, 0.4) is 0 Å². The van der Waals surface area contributed by atoms with E-state index in [1.54, 1.807) is 0 Å². The van der Waals surface area contributed by atoms with E-state index in [2.05, 4.69) is 10.1 Å². The molecule has 0 radical (unpaired) electrons. The normalized spacial score (nSPS) is 32.8. The molecule has 1 saturated carbocycles. The highest BCUT2D eigenvalue weighted by Gasteiger charge is 2.26. The number of likely N-dealkylation sites (tertiary alicyclic amines) is 1. The van der Waals surface area contributed by atoms with Gasteiger partial charge in [0.15, 0.2) is 0 Å². The van der Waals surface area contributed by atoms with Gasteiger partial charge in [-0.1, -0.05) is 24.4 Å². The van der Waals surface area contributed by atoms with Crippen LogP contribution in [-0.4, -0.2) is 35.0 Å². The van der Waals surface area contributed by atoms with Gasteiger partial charge in [-0.15, -0.1) is 0 Å². The summed E-state index contributed by atoms with van der Waals surface area (Å²) in [6.45, 7) is 2.40. The molecule has 3 heteroatoms. The van der Waals surface area contributed by atoms with Crippen LogP contribution < -0.4 is 0 Å². The molecule has 1 atom stereocenters. The van der Waals surface area contributed by atoms with Gasteiger partial charge < -0.3 is 5.21 Å². The van der Waals surface area contributed by atoms with Crippen LogP contribution in [0.5, 0.6) is 0 Å². The van der Waals surface area contributed by atoms with Gasteiger partial charge >= 0.3 is 0 Å². The molecule has 1 aliphatic carbocycles. The summed E-state index contributed by atoms with van der Waals surface area (Å²) in [4.78, 5) is 2.51. The van der Waals surface area contributed by atoms with Crippen LogP contribution in [0.25, 0.3) is 0 Å². The van der Waals surface area contributed by atoms with E-state index in [0.29, 0.717) is 6.04 Å². The summed E-state index contributed by atoms with van der Waals surface area (Å²) in [5.74, 6) is 0. The van der Waals surface area contributed by atoms with E-state index in [1.165, 1.54) is 58.0 Å². The molecular weight excluding hydrogens is 188 g/mol. The van der Waals surface area contributed by atoms with Crippen LogP contribution >= 0.6 is 0 Å². The smallest absolute Gasteiger partial charge is 0.0742 e. The first kappa shape index (κ1) is 10.9. The standard InChI is InChI=1S/C12H22N2O/c15-13-11-7-3-1-2-4-8-12(11)14-9-5-6-10-14/h12,15H,1-10H2/b13-11+/t12-/m0/s1. The Morgan fingerprint density at radius 3 is 2.47 bits per heavy atom. The maximum Gasteiger partial charge on any atom is 0.0742 e. The van der Waals surface area contributed by atoms with Gasteiger partial charge in [-0.3, -0.25) is 4.90 Å². The topological polar surface area (TPSA) is 35.8 Å². The fourth-order valence-electron chi connectivity index (χ4n) is 2.89. The summed E-state index contributed by atoms with van der Waals surface area (Å²) in [6, 6.07) is 0.442. The molecule has 0 bridgehead atoms. The minimum absolute atomic E-state index is 0.442. The first-order valence-corrected chi connectivity index (χ1v) is 6.36. The molecule has 3 nitrogen and oxygen atoms in total. The zero-order chi connectivity index (χ0) is 10.5. The van der Waals surface area contributed by atoms with Crippen molar-refractivity contribution < 1.29 is 5.21 Å². The third kappa shape index (κ3) is 2.71. The molecule has 2 rings (SSSR count). The molecule has 2 aliphatic rings. The predicted molar refractivity (Wildman–Crippen MR) is 61.5 cm³/mol. The van der Waals surface area contributed by atoms with Gasteiger partial charge in [0.25, 0.3) is 0 Å². The van der Waals surface area contributed by atoms with Crippen molar-refractivity contribution in [3.05, 3.63) is 0 Å². The maximum absolute atomic E-state index is 9.10. The van der Waals surface area contributed by atoms with Crippen molar-refractivity contribution in [1.82, 2.24) is 4.90 Å². The fourth-order valence-corrected chi connectivity index (χ4v) is 2.89. The van der Waals surface area contributed by atoms with Gasteiger partial charge in [-0.25, -0.2) is 0 Å². The molecule has 86 valence electrons. The van der Waals surface area contributed by atoms with E-state index in [4.69, 9.17) is 5.21 Å². The quantitative estimate of drug-likeness (QED) is 0.533. The number of hydrogen-bond donors (Lipinski definition) is 1. The first-order chi connectivity index (χ1) is 7.42. The summed E-state index contributed by atoms with van der Waals surface area (Å²) in [5.41, 5.74) is 1.04. The van der Waals surface area contributed by atoms with Crippen molar-refractivity contribution in [3.8, 4) is 0 Å². The molecular formula is C12H22N2O. The minimum atomic E-state index is 0.442. The molecule has 15 heavy (non-hydrogen) atoms. The Labute approximate surface area is 92.1 Å². The van der Waals surface area contributed by atoms with Crippen molar-refractivity contribution in [1.29, 1.82) is 0 Å². The molecule has 0 spiro atoms. The highest BCUT2D eigenvalue weighted by atomic mass is 16.4. The molecule has 0 aromatic heterocycles. The molecule has 0 amide bonds. The maximum atomic E-state index is 9.10. The Bertz CT molecular complexity index is 222. The molecule has 1 heterocycles. The highest BCUT2D eigenvalue weighted by molar-refractivity contribution is 5.89. The Morgan fingerprint density at radius 2 is 1.73 bits per heavy atom. The second kappa shape index (κ2) is 5.50. The van der Waals surface area contributed by atoms with Crippen molar-refractivity contribution in [2.45, 2.75) is 57.4 Å². The molecule has 0 aromatic carbocycles. The van der Waals surface area contributed by atoms with E-state index in [1.807, 2.05) is 0 Å².